The SMILES string of the molecule is Nc1ccc(C2(C(=O)N3C[C@@H](O)C[C@H]3C(=O)O)CC2)cc1. The number of hydrogen-bond donors (Lipinski definition) is 3. The average molecular weight is 290 g/mol. The van der Waals surface area contributed by atoms with E-state index in [2.05, 4.69) is 0 Å². The van der Waals surface area contributed by atoms with Crippen molar-refractivity contribution in [2.24, 2.45) is 0 Å². The summed E-state index contributed by atoms with van der Waals surface area (Å²) in [6, 6.07) is 6.20. The summed E-state index contributed by atoms with van der Waals surface area (Å²) in [6.07, 6.45) is 0.736. The van der Waals surface area contributed by atoms with E-state index in [0.29, 0.717) is 18.5 Å². The molecule has 112 valence electrons. The number of aliphatic hydroxyl groups excluding tert-OH is 1. The molecule has 1 aromatic carbocycles. The van der Waals surface area contributed by atoms with Gasteiger partial charge in [-0.05, 0) is 30.5 Å². The Kier molecular flexibility index (Phi) is 3.13. The first kappa shape index (κ1) is 13.9. The van der Waals surface area contributed by atoms with E-state index in [1.165, 1.54) is 4.90 Å². The number of carboxylic acids is 1. The largest absolute Gasteiger partial charge is 0.480 e. The van der Waals surface area contributed by atoms with Crippen LogP contribution < -0.4 is 5.73 Å². The van der Waals surface area contributed by atoms with Gasteiger partial charge in [0.15, 0.2) is 0 Å². The first-order valence-electron chi connectivity index (χ1n) is 7.02. The molecule has 3 rings (SSSR count). The summed E-state index contributed by atoms with van der Waals surface area (Å²) in [5, 5.41) is 18.9. The number of rotatable bonds is 3. The van der Waals surface area contributed by atoms with Gasteiger partial charge in [0.1, 0.15) is 6.04 Å². The van der Waals surface area contributed by atoms with E-state index in [9.17, 15) is 19.8 Å². The summed E-state index contributed by atoms with van der Waals surface area (Å²) in [7, 11) is 0. The van der Waals surface area contributed by atoms with Gasteiger partial charge in [-0.15, -0.1) is 0 Å². The van der Waals surface area contributed by atoms with Crippen LogP contribution >= 0.6 is 0 Å². The Morgan fingerprint density at radius 3 is 2.38 bits per heavy atom. The van der Waals surface area contributed by atoms with Gasteiger partial charge in [-0.25, -0.2) is 4.79 Å². The highest BCUT2D eigenvalue weighted by Gasteiger charge is 2.55. The molecule has 1 aromatic rings. The maximum absolute atomic E-state index is 12.8. The van der Waals surface area contributed by atoms with Crippen molar-refractivity contribution in [3.63, 3.8) is 0 Å². The minimum atomic E-state index is -1.06. The molecule has 2 aliphatic rings. The average Bonchev–Trinajstić information content (AvgIpc) is 3.15. The molecule has 0 aromatic heterocycles. The van der Waals surface area contributed by atoms with Gasteiger partial charge < -0.3 is 20.8 Å². The summed E-state index contributed by atoms with van der Waals surface area (Å²) in [4.78, 5) is 25.4. The molecule has 6 heteroatoms. The summed E-state index contributed by atoms with van der Waals surface area (Å²) >= 11 is 0. The fraction of sp³-hybridized carbons (Fsp3) is 0.467. The number of β-amino-alcohol motifs (C(OH)–C–C–N with tert-alkyl or cyclic N) is 1. The molecule has 0 spiro atoms. The van der Waals surface area contributed by atoms with Crippen molar-refractivity contribution >= 4 is 17.6 Å². The number of hydrogen-bond acceptors (Lipinski definition) is 4. The number of nitrogen functional groups attached to an aromatic ring is 1. The first-order chi connectivity index (χ1) is 9.94. The van der Waals surface area contributed by atoms with Crippen LogP contribution in [0.25, 0.3) is 0 Å². The highest BCUT2D eigenvalue weighted by molar-refractivity contribution is 5.94. The van der Waals surface area contributed by atoms with Crippen LogP contribution in [0, 0.1) is 0 Å². The van der Waals surface area contributed by atoms with E-state index in [-0.39, 0.29) is 18.9 Å². The fourth-order valence-electron chi connectivity index (χ4n) is 3.10. The second kappa shape index (κ2) is 4.73. The quantitative estimate of drug-likeness (QED) is 0.697. The number of benzene rings is 1. The van der Waals surface area contributed by atoms with Crippen molar-refractivity contribution in [1.82, 2.24) is 4.90 Å². The van der Waals surface area contributed by atoms with Gasteiger partial charge in [-0.3, -0.25) is 4.79 Å². The molecule has 1 amide bonds. The normalized spacial score (nSPS) is 26.6. The lowest BCUT2D eigenvalue weighted by molar-refractivity contribution is -0.149. The second-order valence-electron chi connectivity index (χ2n) is 5.91. The third-order valence-corrected chi connectivity index (χ3v) is 4.45. The van der Waals surface area contributed by atoms with Gasteiger partial charge in [0.05, 0.1) is 11.5 Å². The van der Waals surface area contributed by atoms with Gasteiger partial charge in [-0.1, -0.05) is 12.1 Å². The van der Waals surface area contributed by atoms with E-state index in [4.69, 9.17) is 5.73 Å². The van der Waals surface area contributed by atoms with Crippen molar-refractivity contribution in [3.05, 3.63) is 29.8 Å². The van der Waals surface area contributed by atoms with E-state index < -0.39 is 23.5 Å². The number of amides is 1. The molecular weight excluding hydrogens is 272 g/mol. The van der Waals surface area contributed by atoms with Crippen LogP contribution in [-0.2, 0) is 15.0 Å². The zero-order valence-corrected chi connectivity index (χ0v) is 11.5. The predicted octanol–water partition coefficient (Wildman–Crippen LogP) is 0.347. The molecule has 0 bridgehead atoms. The Hall–Kier alpha value is -2.08. The number of likely N-dealkylation sites (tertiary alicyclic amines) is 1. The standard InChI is InChI=1S/C15H18N2O4/c16-10-3-1-9(2-4-10)15(5-6-15)14(21)17-8-11(18)7-12(17)13(19)20/h1-4,11-12,18H,5-8,16H2,(H,19,20)/t11-,12-/m0/s1. The Balaban J connectivity index is 1.87. The number of aliphatic carboxylic acids is 1. The second-order valence-corrected chi connectivity index (χ2v) is 5.91. The number of anilines is 1. The van der Waals surface area contributed by atoms with Crippen molar-refractivity contribution in [1.29, 1.82) is 0 Å². The lowest BCUT2D eigenvalue weighted by Gasteiger charge is -2.26. The van der Waals surface area contributed by atoms with Gasteiger partial charge in [0.25, 0.3) is 0 Å². The van der Waals surface area contributed by atoms with Crippen LogP contribution in [0.5, 0.6) is 0 Å². The summed E-state index contributed by atoms with van der Waals surface area (Å²) in [6.45, 7) is 0.0898. The van der Waals surface area contributed by atoms with Crippen molar-refractivity contribution in [2.75, 3.05) is 12.3 Å². The third kappa shape index (κ3) is 2.25. The molecule has 1 heterocycles. The molecule has 1 saturated carbocycles. The molecule has 6 nitrogen and oxygen atoms in total. The van der Waals surface area contributed by atoms with E-state index in [0.717, 1.165) is 5.56 Å². The van der Waals surface area contributed by atoms with Gasteiger partial charge in [-0.2, -0.15) is 0 Å². The highest BCUT2D eigenvalue weighted by Crippen LogP contribution is 2.50. The van der Waals surface area contributed by atoms with Gasteiger partial charge in [0.2, 0.25) is 5.91 Å². The topological polar surface area (TPSA) is 104 Å². The third-order valence-electron chi connectivity index (χ3n) is 4.45. The molecule has 0 unspecified atom stereocenters. The van der Waals surface area contributed by atoms with Crippen LogP contribution in [0.15, 0.2) is 24.3 Å². The molecule has 2 atom stereocenters. The van der Waals surface area contributed by atoms with E-state index >= 15 is 0 Å². The summed E-state index contributed by atoms with van der Waals surface area (Å²) in [5.74, 6) is -1.26. The molecule has 1 saturated heterocycles. The Morgan fingerprint density at radius 2 is 1.86 bits per heavy atom. The molecule has 21 heavy (non-hydrogen) atoms. The fourth-order valence-corrected chi connectivity index (χ4v) is 3.10. The summed E-state index contributed by atoms with van der Waals surface area (Å²) < 4.78 is 0. The van der Waals surface area contributed by atoms with Crippen molar-refractivity contribution in [3.8, 4) is 0 Å². The van der Waals surface area contributed by atoms with Crippen LogP contribution in [0.3, 0.4) is 0 Å². The lowest BCUT2D eigenvalue weighted by Crippen LogP contribution is -2.45. The molecule has 4 N–H and O–H groups in total. The number of carbonyl (C=O) groups is 2. The zero-order chi connectivity index (χ0) is 15.2. The Bertz CT molecular complexity index is 580. The maximum Gasteiger partial charge on any atom is 0.326 e. The van der Waals surface area contributed by atoms with Crippen LogP contribution in [0.2, 0.25) is 0 Å². The minimum absolute atomic E-state index is 0.0898. The Labute approximate surface area is 122 Å². The number of carbonyl (C=O) groups excluding carboxylic acids is 1. The molecule has 1 aliphatic carbocycles. The van der Waals surface area contributed by atoms with Gasteiger partial charge >= 0.3 is 5.97 Å². The van der Waals surface area contributed by atoms with Crippen LogP contribution in [-0.4, -0.2) is 45.7 Å². The van der Waals surface area contributed by atoms with Crippen molar-refractivity contribution in [2.45, 2.75) is 36.8 Å². The minimum Gasteiger partial charge on any atom is -0.480 e. The van der Waals surface area contributed by atoms with E-state index in [1.807, 2.05) is 12.1 Å². The number of aliphatic hydroxyl groups is 1. The van der Waals surface area contributed by atoms with E-state index in [1.54, 1.807) is 12.1 Å². The molecule has 1 aliphatic heterocycles. The van der Waals surface area contributed by atoms with Crippen LogP contribution in [0.4, 0.5) is 5.69 Å². The monoisotopic (exact) mass is 290 g/mol. The Morgan fingerprint density at radius 1 is 1.24 bits per heavy atom. The zero-order valence-electron chi connectivity index (χ0n) is 11.5. The molecule has 2 fully saturated rings. The molecular formula is C15H18N2O4. The van der Waals surface area contributed by atoms with Crippen LogP contribution in [0.1, 0.15) is 24.8 Å². The smallest absolute Gasteiger partial charge is 0.326 e. The number of nitrogens with zero attached hydrogens (tertiary/aromatic N) is 1. The number of nitrogens with two attached hydrogens (primary N) is 1. The summed E-state index contributed by atoms with van der Waals surface area (Å²) in [5.41, 5.74) is 6.52. The van der Waals surface area contributed by atoms with Gasteiger partial charge in [0, 0.05) is 18.7 Å². The first-order valence-corrected chi connectivity index (χ1v) is 7.02. The predicted molar refractivity (Wildman–Crippen MR) is 75.5 cm³/mol. The maximum atomic E-state index is 12.8. The highest BCUT2D eigenvalue weighted by atomic mass is 16.4. The lowest BCUT2D eigenvalue weighted by atomic mass is 9.93. The number of carboxylic acid groups (broad SMARTS) is 1. The molecule has 0 radical (unpaired) electrons. The van der Waals surface area contributed by atoms with Crippen molar-refractivity contribution < 1.29 is 19.8 Å².